The fraction of sp³-hybridized carbons (Fsp3) is 0.812. The molecular weight excluding hydrogens is 256 g/mol. The molecule has 0 bridgehead atoms. The van der Waals surface area contributed by atoms with E-state index in [1.807, 2.05) is 48.5 Å². The van der Waals surface area contributed by atoms with Crippen molar-refractivity contribution in [1.82, 2.24) is 0 Å². The number of hydrogen-bond donors (Lipinski definition) is 0. The van der Waals surface area contributed by atoms with E-state index in [0.717, 1.165) is 6.08 Å². The number of rotatable bonds is 7. The van der Waals surface area contributed by atoms with E-state index >= 15 is 0 Å². The summed E-state index contributed by atoms with van der Waals surface area (Å²) in [5.41, 5.74) is -0.879. The molecule has 0 saturated carbocycles. The van der Waals surface area contributed by atoms with E-state index in [9.17, 15) is 4.79 Å². The quantitative estimate of drug-likeness (QED) is 0.532. The summed E-state index contributed by atoms with van der Waals surface area (Å²) >= 11 is 0. The van der Waals surface area contributed by atoms with Crippen LogP contribution in [0.4, 0.5) is 0 Å². The van der Waals surface area contributed by atoms with Gasteiger partial charge in [0, 0.05) is 11.5 Å². The lowest BCUT2D eigenvalue weighted by Crippen LogP contribution is -2.40. The van der Waals surface area contributed by atoms with Gasteiger partial charge < -0.3 is 14.2 Å². The van der Waals surface area contributed by atoms with E-state index < -0.39 is 5.97 Å². The van der Waals surface area contributed by atoms with E-state index in [1.165, 1.54) is 0 Å². The van der Waals surface area contributed by atoms with Crippen molar-refractivity contribution >= 4 is 5.97 Å². The summed E-state index contributed by atoms with van der Waals surface area (Å²) in [7, 11) is 0. The zero-order valence-corrected chi connectivity index (χ0v) is 14.0. The van der Waals surface area contributed by atoms with Crippen molar-refractivity contribution in [3.8, 4) is 0 Å². The molecule has 0 amide bonds. The Labute approximate surface area is 123 Å². The number of hydrogen-bond acceptors (Lipinski definition) is 4. The van der Waals surface area contributed by atoms with Crippen LogP contribution in [0.2, 0.25) is 0 Å². The van der Waals surface area contributed by atoms with Gasteiger partial charge in [-0.05, 0) is 41.5 Å². The molecular formula is C16H30O4. The number of esters is 1. The van der Waals surface area contributed by atoms with Crippen LogP contribution < -0.4 is 0 Å². The Kier molecular flexibility index (Phi) is 6.91. The predicted octanol–water partition coefficient (Wildman–Crippen LogP) is 3.35. The molecule has 0 saturated heterocycles. The van der Waals surface area contributed by atoms with Crippen molar-refractivity contribution in [2.45, 2.75) is 59.7 Å². The molecule has 0 aromatic carbocycles. The molecule has 0 aromatic heterocycles. The average Bonchev–Trinajstić information content (AvgIpc) is 2.30. The molecule has 0 fully saturated rings. The Bertz CT molecular complexity index is 302. The maximum atomic E-state index is 11.2. The maximum Gasteiger partial charge on any atom is 0.330 e. The van der Waals surface area contributed by atoms with Crippen LogP contribution in [0.25, 0.3) is 0 Å². The van der Waals surface area contributed by atoms with E-state index in [1.54, 1.807) is 0 Å². The van der Waals surface area contributed by atoms with Gasteiger partial charge in [-0.1, -0.05) is 13.5 Å². The first-order chi connectivity index (χ1) is 8.87. The summed E-state index contributed by atoms with van der Waals surface area (Å²) in [6.45, 7) is 18.5. The third kappa shape index (κ3) is 9.98. The highest BCUT2D eigenvalue weighted by Crippen LogP contribution is 2.24. The first-order valence-electron chi connectivity index (χ1n) is 6.94. The number of carbonyl (C=O) groups excluding carboxylic acids is 1. The maximum absolute atomic E-state index is 11.2. The van der Waals surface area contributed by atoms with E-state index in [2.05, 4.69) is 6.58 Å². The van der Waals surface area contributed by atoms with Crippen molar-refractivity contribution in [3.05, 3.63) is 12.7 Å². The summed E-state index contributed by atoms with van der Waals surface area (Å²) in [4.78, 5) is 11.2. The highest BCUT2D eigenvalue weighted by molar-refractivity contribution is 5.81. The third-order valence-electron chi connectivity index (χ3n) is 2.44. The standard InChI is InChI=1S/C16H30O4/c1-9-13(17)18-10-16(8,11-19-14(2,3)4)12-20-15(5,6)7/h9H,1,10-12H2,2-8H3. The smallest absolute Gasteiger partial charge is 0.330 e. The molecule has 118 valence electrons. The van der Waals surface area contributed by atoms with Crippen molar-refractivity contribution < 1.29 is 19.0 Å². The summed E-state index contributed by atoms with van der Waals surface area (Å²) in [6.07, 6.45) is 1.16. The second-order valence-electron chi connectivity index (χ2n) is 7.42. The van der Waals surface area contributed by atoms with E-state index in [-0.39, 0.29) is 23.2 Å². The second-order valence-corrected chi connectivity index (χ2v) is 7.42. The monoisotopic (exact) mass is 286 g/mol. The number of carbonyl (C=O) groups is 1. The fourth-order valence-electron chi connectivity index (χ4n) is 1.21. The molecule has 20 heavy (non-hydrogen) atoms. The molecule has 4 heteroatoms. The molecule has 0 aliphatic heterocycles. The minimum atomic E-state index is -0.428. The van der Waals surface area contributed by atoms with Gasteiger partial charge in [-0.2, -0.15) is 0 Å². The predicted molar refractivity (Wildman–Crippen MR) is 80.7 cm³/mol. The molecule has 0 aliphatic carbocycles. The summed E-state index contributed by atoms with van der Waals surface area (Å²) in [6, 6.07) is 0. The van der Waals surface area contributed by atoms with Crippen molar-refractivity contribution in [1.29, 1.82) is 0 Å². The SMILES string of the molecule is C=CC(=O)OCC(C)(COC(C)(C)C)COC(C)(C)C. The molecule has 0 unspecified atom stereocenters. The number of ether oxygens (including phenoxy) is 3. The Morgan fingerprint density at radius 3 is 1.60 bits per heavy atom. The van der Waals surface area contributed by atoms with Gasteiger partial charge in [0.2, 0.25) is 0 Å². The van der Waals surface area contributed by atoms with Crippen LogP contribution in [-0.2, 0) is 19.0 Å². The molecule has 0 heterocycles. The summed E-state index contributed by atoms with van der Waals surface area (Å²) < 4.78 is 16.8. The van der Waals surface area contributed by atoms with Crippen molar-refractivity contribution in [3.63, 3.8) is 0 Å². The van der Waals surface area contributed by atoms with Crippen LogP contribution in [0.15, 0.2) is 12.7 Å². The Morgan fingerprint density at radius 1 is 0.900 bits per heavy atom. The Balaban J connectivity index is 4.65. The van der Waals surface area contributed by atoms with Gasteiger partial charge >= 0.3 is 5.97 Å². The zero-order chi connectivity index (χ0) is 16.0. The lowest BCUT2D eigenvalue weighted by molar-refractivity contribution is -0.151. The first-order valence-corrected chi connectivity index (χ1v) is 6.94. The Morgan fingerprint density at radius 2 is 1.30 bits per heavy atom. The molecule has 0 aromatic rings. The average molecular weight is 286 g/mol. The second kappa shape index (κ2) is 7.23. The van der Waals surface area contributed by atoms with Gasteiger partial charge in [-0.25, -0.2) is 4.79 Å². The van der Waals surface area contributed by atoms with Gasteiger partial charge in [0.15, 0.2) is 0 Å². The molecule has 0 rings (SSSR count). The fourth-order valence-corrected chi connectivity index (χ4v) is 1.21. The molecule has 0 spiro atoms. The van der Waals surface area contributed by atoms with Gasteiger partial charge in [0.05, 0.1) is 24.4 Å². The third-order valence-corrected chi connectivity index (χ3v) is 2.44. The van der Waals surface area contributed by atoms with Gasteiger partial charge in [0.25, 0.3) is 0 Å². The largest absolute Gasteiger partial charge is 0.462 e. The van der Waals surface area contributed by atoms with Gasteiger partial charge in [-0.3, -0.25) is 0 Å². The van der Waals surface area contributed by atoms with E-state index in [4.69, 9.17) is 14.2 Å². The van der Waals surface area contributed by atoms with Crippen LogP contribution in [0, 0.1) is 5.41 Å². The Hall–Kier alpha value is -0.870. The van der Waals surface area contributed by atoms with Crippen LogP contribution in [0.3, 0.4) is 0 Å². The normalized spacial score (nSPS) is 13.2. The highest BCUT2D eigenvalue weighted by Gasteiger charge is 2.31. The van der Waals surface area contributed by atoms with Crippen LogP contribution in [0.5, 0.6) is 0 Å². The molecule has 4 nitrogen and oxygen atoms in total. The van der Waals surface area contributed by atoms with Gasteiger partial charge in [-0.15, -0.1) is 0 Å². The van der Waals surface area contributed by atoms with Crippen LogP contribution >= 0.6 is 0 Å². The van der Waals surface area contributed by atoms with Gasteiger partial charge in [0.1, 0.15) is 6.61 Å². The first kappa shape index (κ1) is 19.1. The molecule has 0 N–H and O–H groups in total. The lowest BCUT2D eigenvalue weighted by atomic mass is 9.93. The topological polar surface area (TPSA) is 44.8 Å². The van der Waals surface area contributed by atoms with E-state index in [0.29, 0.717) is 13.2 Å². The highest BCUT2D eigenvalue weighted by atomic mass is 16.5. The molecule has 0 aliphatic rings. The minimum Gasteiger partial charge on any atom is -0.462 e. The summed E-state index contributed by atoms with van der Waals surface area (Å²) in [5, 5.41) is 0. The lowest BCUT2D eigenvalue weighted by Gasteiger charge is -2.34. The summed E-state index contributed by atoms with van der Waals surface area (Å²) in [5.74, 6) is -0.428. The molecule has 0 radical (unpaired) electrons. The van der Waals surface area contributed by atoms with Crippen LogP contribution in [0.1, 0.15) is 48.5 Å². The minimum absolute atomic E-state index is 0.240. The van der Waals surface area contributed by atoms with Crippen LogP contribution in [-0.4, -0.2) is 37.0 Å². The van der Waals surface area contributed by atoms with Crippen molar-refractivity contribution in [2.75, 3.05) is 19.8 Å². The molecule has 0 atom stereocenters. The zero-order valence-electron chi connectivity index (χ0n) is 14.0. The van der Waals surface area contributed by atoms with Crippen molar-refractivity contribution in [2.24, 2.45) is 5.41 Å².